The monoisotopic (exact) mass is 315 g/mol. The molecule has 0 radical (unpaired) electrons. The number of hydrogen-bond acceptors (Lipinski definition) is 5. The maximum Gasteiger partial charge on any atom is 0.339 e. The lowest BCUT2D eigenvalue weighted by Crippen LogP contribution is -2.30. The number of aromatic carboxylic acids is 1. The zero-order chi connectivity index (χ0) is 16.2. The SMILES string of the molecule is N[C@@H](COc1cc2c(cc1C(=O)O)OCO2)Cc1ccccc1. The number of benzene rings is 2. The minimum Gasteiger partial charge on any atom is -0.491 e. The Hall–Kier alpha value is -2.73. The molecule has 120 valence electrons. The van der Waals surface area contributed by atoms with Crippen LogP contribution in [0.25, 0.3) is 0 Å². The summed E-state index contributed by atoms with van der Waals surface area (Å²) in [5, 5.41) is 9.29. The van der Waals surface area contributed by atoms with Crippen LogP contribution in [0, 0.1) is 0 Å². The maximum absolute atomic E-state index is 11.3. The van der Waals surface area contributed by atoms with Gasteiger partial charge in [-0.2, -0.15) is 0 Å². The molecule has 23 heavy (non-hydrogen) atoms. The van der Waals surface area contributed by atoms with Gasteiger partial charge >= 0.3 is 5.97 Å². The summed E-state index contributed by atoms with van der Waals surface area (Å²) in [6, 6.07) is 12.5. The van der Waals surface area contributed by atoms with Gasteiger partial charge in [-0.05, 0) is 12.0 Å². The number of rotatable bonds is 6. The summed E-state index contributed by atoms with van der Waals surface area (Å²) in [7, 11) is 0. The number of hydrogen-bond donors (Lipinski definition) is 2. The number of fused-ring (bicyclic) bond motifs is 1. The van der Waals surface area contributed by atoms with Crippen LogP contribution in [-0.2, 0) is 6.42 Å². The van der Waals surface area contributed by atoms with E-state index in [-0.39, 0.29) is 30.8 Å². The molecule has 6 heteroatoms. The predicted octanol–water partition coefficient (Wildman–Crippen LogP) is 2.06. The van der Waals surface area contributed by atoms with Crippen molar-refractivity contribution in [2.75, 3.05) is 13.4 Å². The molecule has 1 aliphatic rings. The maximum atomic E-state index is 11.3. The van der Waals surface area contributed by atoms with Crippen LogP contribution in [0.4, 0.5) is 0 Å². The van der Waals surface area contributed by atoms with Gasteiger partial charge in [-0.3, -0.25) is 0 Å². The highest BCUT2D eigenvalue weighted by atomic mass is 16.7. The molecule has 0 saturated heterocycles. The quantitative estimate of drug-likeness (QED) is 0.848. The fourth-order valence-corrected chi connectivity index (χ4v) is 2.38. The molecule has 6 nitrogen and oxygen atoms in total. The zero-order valence-electron chi connectivity index (χ0n) is 12.4. The minimum atomic E-state index is -1.09. The van der Waals surface area contributed by atoms with Gasteiger partial charge in [-0.25, -0.2) is 4.79 Å². The highest BCUT2D eigenvalue weighted by Gasteiger charge is 2.22. The molecule has 1 aliphatic heterocycles. The minimum absolute atomic E-state index is 0.0289. The fraction of sp³-hybridized carbons (Fsp3) is 0.235. The first-order valence-electron chi connectivity index (χ1n) is 7.22. The van der Waals surface area contributed by atoms with E-state index in [0.717, 1.165) is 5.56 Å². The van der Waals surface area contributed by atoms with Crippen LogP contribution < -0.4 is 19.9 Å². The lowest BCUT2D eigenvalue weighted by molar-refractivity contribution is 0.0691. The summed E-state index contributed by atoms with van der Waals surface area (Å²) in [6.45, 7) is 0.278. The first-order valence-corrected chi connectivity index (χ1v) is 7.22. The summed E-state index contributed by atoms with van der Waals surface area (Å²) in [6.07, 6.45) is 0.647. The van der Waals surface area contributed by atoms with E-state index >= 15 is 0 Å². The topological polar surface area (TPSA) is 91.0 Å². The zero-order valence-corrected chi connectivity index (χ0v) is 12.4. The average Bonchev–Trinajstić information content (AvgIpc) is 3.00. The smallest absolute Gasteiger partial charge is 0.339 e. The van der Waals surface area contributed by atoms with Gasteiger partial charge in [-0.1, -0.05) is 30.3 Å². The van der Waals surface area contributed by atoms with Gasteiger partial charge < -0.3 is 25.1 Å². The number of carboxylic acid groups (broad SMARTS) is 1. The average molecular weight is 315 g/mol. The van der Waals surface area contributed by atoms with Gasteiger partial charge in [0.05, 0.1) is 0 Å². The van der Waals surface area contributed by atoms with Gasteiger partial charge in [0.1, 0.15) is 17.9 Å². The highest BCUT2D eigenvalue weighted by Crippen LogP contribution is 2.38. The molecule has 2 aromatic carbocycles. The molecule has 3 rings (SSSR count). The van der Waals surface area contributed by atoms with Gasteiger partial charge in [-0.15, -0.1) is 0 Å². The number of ether oxygens (including phenoxy) is 3. The molecule has 3 N–H and O–H groups in total. The molecular formula is C17H17NO5. The van der Waals surface area contributed by atoms with Gasteiger partial charge in [0, 0.05) is 18.2 Å². The molecule has 2 aromatic rings. The Morgan fingerprint density at radius 3 is 2.61 bits per heavy atom. The Bertz CT molecular complexity index is 702. The van der Waals surface area contributed by atoms with Crippen LogP contribution in [0.3, 0.4) is 0 Å². The van der Waals surface area contributed by atoms with E-state index in [1.165, 1.54) is 12.1 Å². The summed E-state index contributed by atoms with van der Waals surface area (Å²) >= 11 is 0. The van der Waals surface area contributed by atoms with Crippen molar-refractivity contribution in [2.24, 2.45) is 5.73 Å². The first kappa shape index (κ1) is 15.2. The lowest BCUT2D eigenvalue weighted by Gasteiger charge is -2.15. The second kappa shape index (κ2) is 6.58. The van der Waals surface area contributed by atoms with Crippen molar-refractivity contribution in [1.82, 2.24) is 0 Å². The van der Waals surface area contributed by atoms with Crippen LogP contribution in [0.15, 0.2) is 42.5 Å². The third kappa shape index (κ3) is 3.54. The highest BCUT2D eigenvalue weighted by molar-refractivity contribution is 5.92. The standard InChI is InChI=1S/C17H17NO5/c18-12(6-11-4-2-1-3-5-11)9-21-14-8-16-15(22-10-23-16)7-13(14)17(19)20/h1-5,7-8,12H,6,9-10,18H2,(H,19,20)/t12-/m1/s1. The Morgan fingerprint density at radius 1 is 1.22 bits per heavy atom. The summed E-state index contributed by atoms with van der Waals surface area (Å²) in [5.74, 6) is 0.0187. The first-order chi connectivity index (χ1) is 11.1. The van der Waals surface area contributed by atoms with Crippen molar-refractivity contribution in [3.05, 3.63) is 53.6 Å². The van der Waals surface area contributed by atoms with Gasteiger partial charge in [0.15, 0.2) is 11.5 Å². The van der Waals surface area contributed by atoms with Gasteiger partial charge in [0.2, 0.25) is 6.79 Å². The van der Waals surface area contributed by atoms with E-state index in [1.54, 1.807) is 0 Å². The summed E-state index contributed by atoms with van der Waals surface area (Å²) in [4.78, 5) is 11.3. The van der Waals surface area contributed by atoms with Gasteiger partial charge in [0.25, 0.3) is 0 Å². The van der Waals surface area contributed by atoms with E-state index in [4.69, 9.17) is 19.9 Å². The van der Waals surface area contributed by atoms with Crippen LogP contribution in [-0.4, -0.2) is 30.5 Å². The number of nitrogens with two attached hydrogens (primary N) is 1. The Morgan fingerprint density at radius 2 is 1.91 bits per heavy atom. The van der Waals surface area contributed by atoms with Crippen molar-refractivity contribution in [2.45, 2.75) is 12.5 Å². The second-order valence-corrected chi connectivity index (χ2v) is 5.27. The molecule has 0 fully saturated rings. The Labute approximate surface area is 133 Å². The molecule has 0 saturated carbocycles. The molecule has 0 amide bonds. The molecule has 1 atom stereocenters. The van der Waals surface area contributed by atoms with Crippen LogP contribution in [0.2, 0.25) is 0 Å². The fourth-order valence-electron chi connectivity index (χ4n) is 2.38. The normalized spacial score (nSPS) is 13.6. The van der Waals surface area contributed by atoms with E-state index in [2.05, 4.69) is 0 Å². The van der Waals surface area contributed by atoms with Crippen molar-refractivity contribution >= 4 is 5.97 Å². The van der Waals surface area contributed by atoms with E-state index < -0.39 is 5.97 Å². The molecular weight excluding hydrogens is 298 g/mol. The lowest BCUT2D eigenvalue weighted by atomic mass is 10.1. The van der Waals surface area contributed by atoms with Crippen LogP contribution in [0.5, 0.6) is 17.2 Å². The third-order valence-corrected chi connectivity index (χ3v) is 3.50. The molecule has 0 aliphatic carbocycles. The van der Waals surface area contributed by atoms with E-state index in [9.17, 15) is 9.90 Å². The van der Waals surface area contributed by atoms with Crippen molar-refractivity contribution in [1.29, 1.82) is 0 Å². The summed E-state index contributed by atoms with van der Waals surface area (Å²) in [5.41, 5.74) is 7.20. The van der Waals surface area contributed by atoms with E-state index in [0.29, 0.717) is 17.9 Å². The Balaban J connectivity index is 1.69. The van der Waals surface area contributed by atoms with Crippen molar-refractivity contribution in [3.63, 3.8) is 0 Å². The number of carboxylic acids is 1. The third-order valence-electron chi connectivity index (χ3n) is 3.50. The van der Waals surface area contributed by atoms with Crippen molar-refractivity contribution < 1.29 is 24.1 Å². The molecule has 0 bridgehead atoms. The largest absolute Gasteiger partial charge is 0.491 e. The molecule has 0 spiro atoms. The molecule has 1 heterocycles. The molecule has 0 unspecified atom stereocenters. The molecule has 0 aromatic heterocycles. The van der Waals surface area contributed by atoms with Crippen molar-refractivity contribution in [3.8, 4) is 17.2 Å². The second-order valence-electron chi connectivity index (χ2n) is 5.27. The Kier molecular flexibility index (Phi) is 4.34. The van der Waals surface area contributed by atoms with E-state index in [1.807, 2.05) is 30.3 Å². The van der Waals surface area contributed by atoms with Crippen LogP contribution in [0.1, 0.15) is 15.9 Å². The summed E-state index contributed by atoms with van der Waals surface area (Å²) < 4.78 is 16.0. The predicted molar refractivity (Wildman–Crippen MR) is 83.1 cm³/mol. The number of carbonyl (C=O) groups is 1. The van der Waals surface area contributed by atoms with Crippen LogP contribution >= 0.6 is 0 Å².